The Morgan fingerprint density at radius 1 is 1.23 bits per heavy atom. The van der Waals surface area contributed by atoms with Gasteiger partial charge in [0, 0.05) is 12.8 Å². The second kappa shape index (κ2) is 3.95. The van der Waals surface area contributed by atoms with Crippen LogP contribution in [0.2, 0.25) is 0 Å². The maximum atomic E-state index is 12.6. The summed E-state index contributed by atoms with van der Waals surface area (Å²) < 4.78 is 18.3. The van der Waals surface area contributed by atoms with Gasteiger partial charge in [-0.2, -0.15) is 0 Å². The topological polar surface area (TPSA) is 9.23 Å². The molecule has 1 fully saturated rings. The molecule has 1 radical (unpaired) electrons. The number of hydrogen-bond donors (Lipinski definition) is 0. The summed E-state index contributed by atoms with van der Waals surface area (Å²) in [6.07, 6.45) is 10.6. The summed E-state index contributed by atoms with van der Waals surface area (Å²) in [6, 6.07) is 0. The van der Waals surface area contributed by atoms with Gasteiger partial charge < -0.3 is 4.74 Å². The number of rotatable bonds is 2. The van der Waals surface area contributed by atoms with E-state index in [1.165, 1.54) is 18.9 Å². The van der Waals surface area contributed by atoms with E-state index >= 15 is 0 Å². The van der Waals surface area contributed by atoms with Crippen LogP contribution in [0.5, 0.6) is 0 Å². The van der Waals surface area contributed by atoms with Crippen molar-refractivity contribution in [2.45, 2.75) is 38.2 Å². The lowest BCUT2D eigenvalue weighted by atomic mass is 10.1. The largest absolute Gasteiger partial charge is 0.494 e. The zero-order chi connectivity index (χ0) is 9.10. The smallest absolute Gasteiger partial charge is 0.101 e. The number of ether oxygens (including phenoxy) is 1. The minimum Gasteiger partial charge on any atom is -0.494 e. The van der Waals surface area contributed by atoms with E-state index in [4.69, 9.17) is 4.74 Å². The van der Waals surface area contributed by atoms with Crippen molar-refractivity contribution in [3.05, 3.63) is 30.2 Å². The fraction of sp³-hybridized carbons (Fsp3) is 0.545. The molecular formula is C11H14FO. The Bertz CT molecular complexity index is 236. The first kappa shape index (κ1) is 8.79. The Morgan fingerprint density at radius 3 is 2.62 bits per heavy atom. The van der Waals surface area contributed by atoms with E-state index in [0.29, 0.717) is 12.5 Å². The molecule has 2 aliphatic rings. The van der Waals surface area contributed by atoms with Gasteiger partial charge in [0.05, 0.1) is 6.10 Å². The van der Waals surface area contributed by atoms with Crippen LogP contribution >= 0.6 is 0 Å². The van der Waals surface area contributed by atoms with E-state index in [9.17, 15) is 4.39 Å². The van der Waals surface area contributed by atoms with Crippen molar-refractivity contribution in [2.24, 2.45) is 0 Å². The molecule has 1 saturated carbocycles. The van der Waals surface area contributed by atoms with Crippen LogP contribution in [0.15, 0.2) is 23.7 Å². The monoisotopic (exact) mass is 181 g/mol. The molecule has 0 saturated heterocycles. The molecule has 0 bridgehead atoms. The SMILES string of the molecule is FC1=CC=C(OC2CCCC2)[CH]C1. The summed E-state index contributed by atoms with van der Waals surface area (Å²) >= 11 is 0. The molecule has 0 N–H and O–H groups in total. The van der Waals surface area contributed by atoms with Crippen LogP contribution in [0.1, 0.15) is 32.1 Å². The predicted molar refractivity (Wildman–Crippen MR) is 49.5 cm³/mol. The predicted octanol–water partition coefficient (Wildman–Crippen LogP) is 3.29. The van der Waals surface area contributed by atoms with Crippen LogP contribution in [-0.4, -0.2) is 6.10 Å². The van der Waals surface area contributed by atoms with Crippen LogP contribution in [-0.2, 0) is 4.74 Å². The summed E-state index contributed by atoms with van der Waals surface area (Å²) in [5.74, 6) is 0.757. The molecular weight excluding hydrogens is 167 g/mol. The fourth-order valence-corrected chi connectivity index (χ4v) is 1.79. The highest BCUT2D eigenvalue weighted by Gasteiger charge is 2.18. The molecule has 0 heterocycles. The van der Waals surface area contributed by atoms with Gasteiger partial charge in [0.2, 0.25) is 0 Å². The lowest BCUT2D eigenvalue weighted by Gasteiger charge is -2.17. The first-order valence-corrected chi connectivity index (χ1v) is 4.91. The van der Waals surface area contributed by atoms with E-state index in [0.717, 1.165) is 18.6 Å². The fourth-order valence-electron chi connectivity index (χ4n) is 1.79. The summed E-state index contributed by atoms with van der Waals surface area (Å²) in [4.78, 5) is 0. The maximum absolute atomic E-state index is 12.6. The van der Waals surface area contributed by atoms with Gasteiger partial charge in [0.25, 0.3) is 0 Å². The maximum Gasteiger partial charge on any atom is 0.101 e. The second-order valence-electron chi connectivity index (χ2n) is 3.62. The Kier molecular flexibility index (Phi) is 2.67. The van der Waals surface area contributed by atoms with Gasteiger partial charge in [-0.25, -0.2) is 4.39 Å². The third-order valence-electron chi connectivity index (χ3n) is 2.53. The quantitative estimate of drug-likeness (QED) is 0.635. The van der Waals surface area contributed by atoms with Crippen molar-refractivity contribution in [3.63, 3.8) is 0 Å². The average molecular weight is 181 g/mol. The zero-order valence-electron chi connectivity index (χ0n) is 7.63. The van der Waals surface area contributed by atoms with Crippen molar-refractivity contribution in [1.82, 2.24) is 0 Å². The summed E-state index contributed by atoms with van der Waals surface area (Å²) in [5, 5.41) is 0. The molecule has 0 aromatic carbocycles. The Labute approximate surface area is 78.3 Å². The molecule has 1 nitrogen and oxygen atoms in total. The molecule has 0 aromatic heterocycles. The summed E-state index contributed by atoms with van der Waals surface area (Å²) in [6.45, 7) is 0. The number of hydrogen-bond acceptors (Lipinski definition) is 1. The summed E-state index contributed by atoms with van der Waals surface area (Å²) in [7, 11) is 0. The minimum absolute atomic E-state index is 0.0845. The van der Waals surface area contributed by atoms with Crippen molar-refractivity contribution in [1.29, 1.82) is 0 Å². The molecule has 2 aliphatic carbocycles. The molecule has 71 valence electrons. The van der Waals surface area contributed by atoms with E-state index in [2.05, 4.69) is 0 Å². The molecule has 0 unspecified atom stereocenters. The molecule has 0 aromatic rings. The van der Waals surface area contributed by atoms with Crippen molar-refractivity contribution >= 4 is 0 Å². The van der Waals surface area contributed by atoms with Crippen molar-refractivity contribution in [3.8, 4) is 0 Å². The van der Waals surface area contributed by atoms with Gasteiger partial charge in [-0.15, -0.1) is 0 Å². The molecule has 0 aliphatic heterocycles. The number of halogens is 1. The van der Waals surface area contributed by atoms with Crippen LogP contribution in [0.4, 0.5) is 4.39 Å². The van der Waals surface area contributed by atoms with Crippen LogP contribution in [0, 0.1) is 6.42 Å². The van der Waals surface area contributed by atoms with Crippen LogP contribution < -0.4 is 0 Å². The van der Waals surface area contributed by atoms with Gasteiger partial charge in [0.1, 0.15) is 11.6 Å². The average Bonchev–Trinajstić information content (AvgIpc) is 2.62. The first-order chi connectivity index (χ1) is 6.34. The van der Waals surface area contributed by atoms with Gasteiger partial charge >= 0.3 is 0 Å². The number of allylic oxidation sites excluding steroid dienone is 4. The molecule has 13 heavy (non-hydrogen) atoms. The molecule has 2 rings (SSSR count). The minimum atomic E-state index is -0.0845. The lowest BCUT2D eigenvalue weighted by molar-refractivity contribution is 0.125. The van der Waals surface area contributed by atoms with Crippen molar-refractivity contribution in [2.75, 3.05) is 0 Å². The van der Waals surface area contributed by atoms with E-state index in [1.54, 1.807) is 6.08 Å². The van der Waals surface area contributed by atoms with E-state index in [-0.39, 0.29) is 5.83 Å². The van der Waals surface area contributed by atoms with Gasteiger partial charge in [-0.1, -0.05) is 0 Å². The highest BCUT2D eigenvalue weighted by molar-refractivity contribution is 5.24. The van der Waals surface area contributed by atoms with Gasteiger partial charge in [0.15, 0.2) is 0 Å². The highest BCUT2D eigenvalue weighted by atomic mass is 19.1. The van der Waals surface area contributed by atoms with Crippen LogP contribution in [0.3, 0.4) is 0 Å². The van der Waals surface area contributed by atoms with E-state index in [1.807, 2.05) is 6.42 Å². The Morgan fingerprint density at radius 2 is 2.00 bits per heavy atom. The molecule has 2 heteroatoms. The summed E-state index contributed by atoms with van der Waals surface area (Å²) in [5.41, 5.74) is 0. The Balaban J connectivity index is 1.87. The lowest BCUT2D eigenvalue weighted by Crippen LogP contribution is -2.08. The second-order valence-corrected chi connectivity index (χ2v) is 3.62. The highest BCUT2D eigenvalue weighted by Crippen LogP contribution is 2.26. The first-order valence-electron chi connectivity index (χ1n) is 4.91. The molecule has 0 spiro atoms. The van der Waals surface area contributed by atoms with Gasteiger partial charge in [-0.05, 0) is 37.8 Å². The van der Waals surface area contributed by atoms with Crippen molar-refractivity contribution < 1.29 is 9.13 Å². The van der Waals surface area contributed by atoms with Crippen LogP contribution in [0.25, 0.3) is 0 Å². The Hall–Kier alpha value is -0.790. The van der Waals surface area contributed by atoms with E-state index < -0.39 is 0 Å². The molecule has 0 amide bonds. The van der Waals surface area contributed by atoms with Gasteiger partial charge in [-0.3, -0.25) is 0 Å². The molecule has 0 atom stereocenters. The zero-order valence-corrected chi connectivity index (χ0v) is 7.63. The third kappa shape index (κ3) is 2.33. The normalized spacial score (nSPS) is 24.1. The standard InChI is InChI=1S/C11H14FO/c12-9-5-7-11(8-6-9)13-10-3-1-2-4-10/h5,7-8,10H,1-4,6H2. The third-order valence-corrected chi connectivity index (χ3v) is 2.53.